The summed E-state index contributed by atoms with van der Waals surface area (Å²) in [6.45, 7) is 3.87. The Labute approximate surface area is 114 Å². The summed E-state index contributed by atoms with van der Waals surface area (Å²) in [6, 6.07) is 4.05. The Kier molecular flexibility index (Phi) is 4.92. The highest BCUT2D eigenvalue weighted by Gasteiger charge is 2.35. The Balaban J connectivity index is 2.25. The van der Waals surface area contributed by atoms with Gasteiger partial charge in [0.2, 0.25) is 0 Å². The summed E-state index contributed by atoms with van der Waals surface area (Å²) in [5.41, 5.74) is 0.544. The molecule has 1 aromatic rings. The summed E-state index contributed by atoms with van der Waals surface area (Å²) in [5.74, 6) is -0.881. The first-order chi connectivity index (χ1) is 9.18. The summed E-state index contributed by atoms with van der Waals surface area (Å²) >= 11 is 0. The van der Waals surface area contributed by atoms with Gasteiger partial charge in [-0.1, -0.05) is 32.3 Å². The van der Waals surface area contributed by atoms with Gasteiger partial charge in [0.25, 0.3) is 0 Å². The first kappa shape index (κ1) is 14.4. The summed E-state index contributed by atoms with van der Waals surface area (Å²) in [7, 11) is 0. The number of nitrogens with one attached hydrogen (secondary N) is 1. The molecule has 0 saturated heterocycles. The highest BCUT2D eigenvalue weighted by Crippen LogP contribution is 2.40. The lowest BCUT2D eigenvalue weighted by atomic mass is 9.69. The van der Waals surface area contributed by atoms with E-state index in [-0.39, 0.29) is 11.2 Å². The summed E-state index contributed by atoms with van der Waals surface area (Å²) in [6.07, 6.45) is 6.54. The molecule has 0 bridgehead atoms. The van der Waals surface area contributed by atoms with Crippen LogP contribution in [0, 0.1) is 11.6 Å². The molecule has 0 spiro atoms. The van der Waals surface area contributed by atoms with Crippen molar-refractivity contribution in [2.75, 3.05) is 13.1 Å². The molecule has 0 heterocycles. The maximum atomic E-state index is 14.1. The van der Waals surface area contributed by atoms with Gasteiger partial charge in [-0.15, -0.1) is 0 Å². The number of hydrogen-bond donors (Lipinski definition) is 1. The van der Waals surface area contributed by atoms with Gasteiger partial charge in [0.1, 0.15) is 11.6 Å². The van der Waals surface area contributed by atoms with Crippen LogP contribution in [-0.4, -0.2) is 13.1 Å². The van der Waals surface area contributed by atoms with Crippen LogP contribution >= 0.6 is 0 Å². The topological polar surface area (TPSA) is 12.0 Å². The molecule has 0 radical (unpaired) electrons. The zero-order valence-electron chi connectivity index (χ0n) is 11.6. The van der Waals surface area contributed by atoms with E-state index in [4.69, 9.17) is 0 Å². The van der Waals surface area contributed by atoms with Gasteiger partial charge in [-0.25, -0.2) is 8.78 Å². The molecule has 0 amide bonds. The van der Waals surface area contributed by atoms with Crippen LogP contribution in [0.4, 0.5) is 8.78 Å². The van der Waals surface area contributed by atoms with Gasteiger partial charge in [-0.2, -0.15) is 0 Å². The molecule has 1 fully saturated rings. The van der Waals surface area contributed by atoms with Crippen LogP contribution < -0.4 is 5.32 Å². The fourth-order valence-electron chi connectivity index (χ4n) is 3.19. The van der Waals surface area contributed by atoms with Gasteiger partial charge in [0.15, 0.2) is 0 Å². The van der Waals surface area contributed by atoms with Crippen molar-refractivity contribution in [1.82, 2.24) is 5.32 Å². The third-order valence-electron chi connectivity index (χ3n) is 4.20. The van der Waals surface area contributed by atoms with Crippen molar-refractivity contribution < 1.29 is 8.78 Å². The van der Waals surface area contributed by atoms with Crippen molar-refractivity contribution in [3.05, 3.63) is 35.4 Å². The quantitative estimate of drug-likeness (QED) is 0.790. The molecule has 1 aliphatic rings. The largest absolute Gasteiger partial charge is 0.316 e. The molecule has 1 aliphatic carbocycles. The molecule has 19 heavy (non-hydrogen) atoms. The molecule has 1 nitrogen and oxygen atoms in total. The summed E-state index contributed by atoms with van der Waals surface area (Å²) in [5, 5.41) is 3.43. The first-order valence-corrected chi connectivity index (χ1v) is 7.34. The van der Waals surface area contributed by atoms with Gasteiger partial charge in [-0.05, 0) is 37.4 Å². The fourth-order valence-corrected chi connectivity index (χ4v) is 3.19. The standard InChI is InChI=1S/C16H23F2N/c1-2-10-19-12-16(8-4-3-5-9-16)14-7-6-13(17)11-15(14)18/h6-7,11,19H,2-5,8-10,12H2,1H3. The van der Waals surface area contributed by atoms with E-state index >= 15 is 0 Å². The monoisotopic (exact) mass is 267 g/mol. The predicted octanol–water partition coefficient (Wildman–Crippen LogP) is 4.17. The molecule has 2 rings (SSSR count). The Morgan fingerprint density at radius 3 is 2.53 bits per heavy atom. The van der Waals surface area contributed by atoms with Crippen LogP contribution in [0.5, 0.6) is 0 Å². The maximum absolute atomic E-state index is 14.1. The van der Waals surface area contributed by atoms with Crippen molar-refractivity contribution in [3.8, 4) is 0 Å². The predicted molar refractivity (Wildman–Crippen MR) is 74.3 cm³/mol. The fraction of sp³-hybridized carbons (Fsp3) is 0.625. The van der Waals surface area contributed by atoms with Crippen LogP contribution in [-0.2, 0) is 5.41 Å². The van der Waals surface area contributed by atoms with Gasteiger partial charge < -0.3 is 5.32 Å². The average Bonchev–Trinajstić information content (AvgIpc) is 2.40. The Hall–Kier alpha value is -0.960. The van der Waals surface area contributed by atoms with Crippen LogP contribution in [0.1, 0.15) is 51.0 Å². The Morgan fingerprint density at radius 2 is 1.89 bits per heavy atom. The highest BCUT2D eigenvalue weighted by molar-refractivity contribution is 5.29. The number of benzene rings is 1. The normalized spacial score (nSPS) is 18.5. The van der Waals surface area contributed by atoms with E-state index < -0.39 is 5.82 Å². The lowest BCUT2D eigenvalue weighted by Gasteiger charge is -2.38. The van der Waals surface area contributed by atoms with E-state index in [0.29, 0.717) is 5.56 Å². The lowest BCUT2D eigenvalue weighted by Crippen LogP contribution is -2.41. The van der Waals surface area contributed by atoms with Crippen molar-refractivity contribution in [2.45, 2.75) is 50.9 Å². The molecular weight excluding hydrogens is 244 g/mol. The molecule has 1 saturated carbocycles. The Morgan fingerprint density at radius 1 is 1.16 bits per heavy atom. The van der Waals surface area contributed by atoms with Gasteiger partial charge in [-0.3, -0.25) is 0 Å². The third kappa shape index (κ3) is 3.33. The van der Waals surface area contributed by atoms with Crippen molar-refractivity contribution >= 4 is 0 Å². The number of hydrogen-bond acceptors (Lipinski definition) is 1. The smallest absolute Gasteiger partial charge is 0.129 e. The second-order valence-corrected chi connectivity index (χ2v) is 5.64. The van der Waals surface area contributed by atoms with Crippen LogP contribution in [0.2, 0.25) is 0 Å². The molecule has 1 aromatic carbocycles. The minimum absolute atomic E-state index is 0.148. The van der Waals surface area contributed by atoms with Crippen LogP contribution in [0.15, 0.2) is 18.2 Å². The van der Waals surface area contributed by atoms with Crippen molar-refractivity contribution in [2.24, 2.45) is 0 Å². The Bertz CT molecular complexity index is 411. The highest BCUT2D eigenvalue weighted by atomic mass is 19.1. The van der Waals surface area contributed by atoms with E-state index in [9.17, 15) is 8.78 Å². The molecule has 0 aliphatic heterocycles. The second-order valence-electron chi connectivity index (χ2n) is 5.64. The summed E-state index contributed by atoms with van der Waals surface area (Å²) in [4.78, 5) is 0. The molecule has 3 heteroatoms. The average molecular weight is 267 g/mol. The molecule has 0 aromatic heterocycles. The maximum Gasteiger partial charge on any atom is 0.129 e. The SMILES string of the molecule is CCCNCC1(c2ccc(F)cc2F)CCCCC1. The molecule has 0 unspecified atom stereocenters. The number of halogens is 2. The molecule has 0 atom stereocenters. The molecule has 106 valence electrons. The third-order valence-corrected chi connectivity index (χ3v) is 4.20. The molecule has 1 N–H and O–H groups in total. The van der Waals surface area contributed by atoms with Crippen molar-refractivity contribution in [1.29, 1.82) is 0 Å². The van der Waals surface area contributed by atoms with E-state index in [1.165, 1.54) is 12.5 Å². The zero-order chi connectivity index (χ0) is 13.7. The first-order valence-electron chi connectivity index (χ1n) is 7.34. The minimum atomic E-state index is -0.492. The summed E-state index contributed by atoms with van der Waals surface area (Å²) < 4.78 is 27.2. The van der Waals surface area contributed by atoms with Gasteiger partial charge in [0, 0.05) is 18.0 Å². The van der Waals surface area contributed by atoms with E-state index in [1.54, 1.807) is 6.07 Å². The molecular formula is C16H23F2N. The van der Waals surface area contributed by atoms with E-state index in [0.717, 1.165) is 51.3 Å². The van der Waals surface area contributed by atoms with E-state index in [2.05, 4.69) is 12.2 Å². The van der Waals surface area contributed by atoms with Gasteiger partial charge >= 0.3 is 0 Å². The lowest BCUT2D eigenvalue weighted by molar-refractivity contribution is 0.272. The van der Waals surface area contributed by atoms with E-state index in [1.807, 2.05) is 0 Å². The van der Waals surface area contributed by atoms with Crippen LogP contribution in [0.3, 0.4) is 0 Å². The minimum Gasteiger partial charge on any atom is -0.316 e. The number of rotatable bonds is 5. The van der Waals surface area contributed by atoms with Crippen molar-refractivity contribution in [3.63, 3.8) is 0 Å². The second kappa shape index (κ2) is 6.47. The zero-order valence-corrected chi connectivity index (χ0v) is 11.6. The van der Waals surface area contributed by atoms with Crippen LogP contribution in [0.25, 0.3) is 0 Å². The van der Waals surface area contributed by atoms with Gasteiger partial charge in [0.05, 0.1) is 0 Å².